The van der Waals surface area contributed by atoms with E-state index in [4.69, 9.17) is 28.0 Å². The predicted octanol–water partition coefficient (Wildman–Crippen LogP) is 3.32. The van der Waals surface area contributed by atoms with Crippen LogP contribution in [0.5, 0.6) is 0 Å². The van der Waals surface area contributed by atoms with Crippen molar-refractivity contribution in [2.24, 2.45) is 0 Å². The van der Waals surface area contributed by atoms with Crippen molar-refractivity contribution in [2.75, 3.05) is 5.32 Å². The summed E-state index contributed by atoms with van der Waals surface area (Å²) in [6.45, 7) is 9.58. The van der Waals surface area contributed by atoms with Gasteiger partial charge in [0.2, 0.25) is 0 Å². The molecule has 28 heavy (non-hydrogen) atoms. The number of anilines is 1. The molecule has 0 bridgehead atoms. The molecule has 1 heterocycles. The third-order valence-electron chi connectivity index (χ3n) is 4.08. The highest BCUT2D eigenvalue weighted by Crippen LogP contribution is 2.31. The van der Waals surface area contributed by atoms with Crippen molar-refractivity contribution in [3.63, 3.8) is 0 Å². The molecule has 1 aromatic carbocycles. The molecular weight excluding hydrogens is 405 g/mol. The second-order valence-electron chi connectivity index (χ2n) is 6.51. The largest absolute Gasteiger partial charge is 0.372 e. The second-order valence-corrected chi connectivity index (χ2v) is 7.32. The van der Waals surface area contributed by atoms with Crippen LogP contribution in [0.15, 0.2) is 16.9 Å². The van der Waals surface area contributed by atoms with Gasteiger partial charge in [-0.2, -0.15) is 9.78 Å². The summed E-state index contributed by atoms with van der Waals surface area (Å²) in [4.78, 5) is 30.1. The summed E-state index contributed by atoms with van der Waals surface area (Å²) >= 11 is 12.6. The van der Waals surface area contributed by atoms with Crippen molar-refractivity contribution in [3.05, 3.63) is 38.5 Å². The summed E-state index contributed by atoms with van der Waals surface area (Å²) in [6, 6.07) is 2.54. The first kappa shape index (κ1) is 22.3. The van der Waals surface area contributed by atoms with Gasteiger partial charge in [-0.3, -0.25) is 14.2 Å². The fourth-order valence-corrected chi connectivity index (χ4v) is 3.13. The highest BCUT2D eigenvalue weighted by atomic mass is 35.5. The molecule has 0 saturated heterocycles. The SMILES string of the molecule is CCC(Nc1cc(-n2nc(C)n(CC)c2=O)c(Cl)cc1Cl)C(=O)NOC(C)C. The Balaban J connectivity index is 2.38. The van der Waals surface area contributed by atoms with Gasteiger partial charge >= 0.3 is 5.69 Å². The third-order valence-corrected chi connectivity index (χ3v) is 4.69. The molecule has 154 valence electrons. The van der Waals surface area contributed by atoms with Crippen molar-refractivity contribution in [1.82, 2.24) is 19.8 Å². The monoisotopic (exact) mass is 429 g/mol. The number of hydrogen-bond donors (Lipinski definition) is 2. The topological polar surface area (TPSA) is 90.2 Å². The molecule has 8 nitrogen and oxygen atoms in total. The summed E-state index contributed by atoms with van der Waals surface area (Å²) in [7, 11) is 0. The average Bonchev–Trinajstić information content (AvgIpc) is 2.92. The minimum atomic E-state index is -0.586. The Morgan fingerprint density at radius 2 is 1.93 bits per heavy atom. The molecule has 0 spiro atoms. The molecule has 10 heteroatoms. The van der Waals surface area contributed by atoms with Gasteiger partial charge in [0, 0.05) is 6.54 Å². The lowest BCUT2D eigenvalue weighted by Gasteiger charge is -2.20. The van der Waals surface area contributed by atoms with Gasteiger partial charge in [-0.05, 0) is 46.2 Å². The molecule has 2 rings (SSSR count). The molecule has 1 atom stereocenters. The maximum absolute atomic E-state index is 12.6. The van der Waals surface area contributed by atoms with Crippen LogP contribution in [0.25, 0.3) is 5.69 Å². The van der Waals surface area contributed by atoms with E-state index in [-0.39, 0.29) is 22.7 Å². The van der Waals surface area contributed by atoms with E-state index in [1.807, 2.05) is 27.7 Å². The number of carbonyl (C=O) groups excluding carboxylic acids is 1. The second kappa shape index (κ2) is 9.45. The number of amides is 1. The van der Waals surface area contributed by atoms with E-state index in [0.29, 0.717) is 35.2 Å². The van der Waals surface area contributed by atoms with Crippen LogP contribution in [0.2, 0.25) is 10.0 Å². The molecule has 1 amide bonds. The van der Waals surface area contributed by atoms with Gasteiger partial charge in [-0.25, -0.2) is 10.3 Å². The minimum absolute atomic E-state index is 0.143. The molecule has 1 unspecified atom stereocenters. The van der Waals surface area contributed by atoms with Crippen molar-refractivity contribution >= 4 is 34.8 Å². The molecule has 2 N–H and O–H groups in total. The Hall–Kier alpha value is -2.03. The smallest absolute Gasteiger partial charge is 0.350 e. The Morgan fingerprint density at radius 3 is 2.46 bits per heavy atom. The molecule has 2 aromatic rings. The molecule has 0 aliphatic heterocycles. The van der Waals surface area contributed by atoms with E-state index in [0.717, 1.165) is 0 Å². The van der Waals surface area contributed by atoms with Gasteiger partial charge in [0.05, 0.1) is 27.5 Å². The van der Waals surface area contributed by atoms with E-state index in [1.54, 1.807) is 13.0 Å². The van der Waals surface area contributed by atoms with Crippen molar-refractivity contribution in [2.45, 2.75) is 59.7 Å². The number of rotatable bonds is 8. The molecule has 0 aliphatic rings. The maximum atomic E-state index is 12.6. The Bertz CT molecular complexity index is 907. The van der Waals surface area contributed by atoms with Crippen molar-refractivity contribution < 1.29 is 9.63 Å². The zero-order valence-corrected chi connectivity index (χ0v) is 18.1. The quantitative estimate of drug-likeness (QED) is 0.628. The fraction of sp³-hybridized carbons (Fsp3) is 0.500. The van der Waals surface area contributed by atoms with Crippen LogP contribution in [0.1, 0.15) is 39.9 Å². The molecule has 0 saturated carbocycles. The zero-order chi connectivity index (χ0) is 21.0. The first-order chi connectivity index (χ1) is 13.2. The number of benzene rings is 1. The van der Waals surface area contributed by atoms with Gasteiger partial charge in [-0.15, -0.1) is 0 Å². The summed E-state index contributed by atoms with van der Waals surface area (Å²) in [6.07, 6.45) is 0.349. The first-order valence-corrected chi connectivity index (χ1v) is 9.83. The van der Waals surface area contributed by atoms with Gasteiger partial charge in [0.1, 0.15) is 11.9 Å². The average molecular weight is 430 g/mol. The van der Waals surface area contributed by atoms with Crippen LogP contribution < -0.4 is 16.5 Å². The van der Waals surface area contributed by atoms with Gasteiger partial charge < -0.3 is 5.32 Å². The summed E-state index contributed by atoms with van der Waals surface area (Å²) in [5.41, 5.74) is 2.95. The van der Waals surface area contributed by atoms with E-state index in [9.17, 15) is 9.59 Å². The van der Waals surface area contributed by atoms with E-state index >= 15 is 0 Å². The highest BCUT2D eigenvalue weighted by molar-refractivity contribution is 6.37. The Morgan fingerprint density at radius 1 is 1.25 bits per heavy atom. The van der Waals surface area contributed by atoms with Crippen LogP contribution >= 0.6 is 23.2 Å². The van der Waals surface area contributed by atoms with Gasteiger partial charge in [0.25, 0.3) is 5.91 Å². The predicted molar refractivity (Wildman–Crippen MR) is 110 cm³/mol. The van der Waals surface area contributed by atoms with Gasteiger partial charge in [-0.1, -0.05) is 30.1 Å². The standard InChI is InChI=1S/C18H25Cl2N5O3/c1-6-14(17(26)23-28-10(3)4)21-15-9-16(13(20)8-12(15)19)25-18(27)24(7-2)11(5)22-25/h8-10,14,21H,6-7H2,1-5H3,(H,23,26). The van der Waals surface area contributed by atoms with Crippen LogP contribution in [0.4, 0.5) is 5.69 Å². The van der Waals surface area contributed by atoms with E-state index < -0.39 is 6.04 Å². The number of nitrogens with zero attached hydrogens (tertiary/aromatic N) is 3. The molecule has 0 radical (unpaired) electrons. The summed E-state index contributed by atoms with van der Waals surface area (Å²) in [5.74, 6) is 0.247. The van der Waals surface area contributed by atoms with Crippen LogP contribution in [0, 0.1) is 6.92 Å². The normalized spacial score (nSPS) is 12.3. The lowest BCUT2D eigenvalue weighted by Crippen LogP contribution is -2.40. The Kier molecular flexibility index (Phi) is 7.51. The number of hydrogen-bond acceptors (Lipinski definition) is 5. The molecule has 0 fully saturated rings. The number of aryl methyl sites for hydroxylation is 1. The molecule has 1 aromatic heterocycles. The third kappa shape index (κ3) is 4.87. The van der Waals surface area contributed by atoms with Crippen LogP contribution in [-0.2, 0) is 16.2 Å². The summed E-state index contributed by atoms with van der Waals surface area (Å²) < 4.78 is 2.76. The van der Waals surface area contributed by atoms with Gasteiger partial charge in [0.15, 0.2) is 0 Å². The van der Waals surface area contributed by atoms with E-state index in [2.05, 4.69) is 15.9 Å². The fourth-order valence-electron chi connectivity index (χ4n) is 2.61. The lowest BCUT2D eigenvalue weighted by molar-refractivity contribution is -0.137. The number of nitrogens with one attached hydrogen (secondary N) is 2. The Labute approximate surface area is 173 Å². The minimum Gasteiger partial charge on any atom is -0.372 e. The van der Waals surface area contributed by atoms with Crippen molar-refractivity contribution in [3.8, 4) is 5.69 Å². The van der Waals surface area contributed by atoms with Crippen LogP contribution in [-0.4, -0.2) is 32.4 Å². The van der Waals surface area contributed by atoms with E-state index in [1.165, 1.54) is 15.3 Å². The number of halogens is 2. The first-order valence-electron chi connectivity index (χ1n) is 9.07. The number of hydroxylamine groups is 1. The zero-order valence-electron chi connectivity index (χ0n) is 16.5. The van der Waals surface area contributed by atoms with Crippen molar-refractivity contribution in [1.29, 1.82) is 0 Å². The van der Waals surface area contributed by atoms with Crippen LogP contribution in [0.3, 0.4) is 0 Å². The number of aromatic nitrogens is 3. The maximum Gasteiger partial charge on any atom is 0.350 e. The lowest BCUT2D eigenvalue weighted by atomic mass is 10.2. The highest BCUT2D eigenvalue weighted by Gasteiger charge is 2.20. The number of carbonyl (C=O) groups is 1. The molecule has 0 aliphatic carbocycles. The molecular formula is C18H25Cl2N5O3. The summed E-state index contributed by atoms with van der Waals surface area (Å²) in [5, 5.41) is 7.96.